The number of benzene rings is 1. The smallest absolute Gasteiger partial charge is 0.0991 e. The Morgan fingerprint density at radius 1 is 1.36 bits per heavy atom. The number of rotatable bonds is 0. The predicted octanol–water partition coefficient (Wildman–Crippen LogP) is 2.15. The standard InChI is InChI=1S/C7H5N.C2H5.Na/c8-6-7-4-2-1-3-5-7;1-2;/h1-5H;1H2,2H3;. The first-order valence-electron chi connectivity index (χ1n) is 3.80. The van der Waals surface area contributed by atoms with Gasteiger partial charge in [-0.25, -0.2) is 0 Å². The molecule has 0 amide bonds. The number of hydrogen-bond acceptors (Lipinski definition) is 1. The molecule has 0 atom stereocenters. The maximum Gasteiger partial charge on any atom is 0.0991 e. The monoisotopic (exact) mass is 155 g/mol. The summed E-state index contributed by atoms with van der Waals surface area (Å²) in [6.07, 6.45) is 0. The van der Waals surface area contributed by atoms with Gasteiger partial charge in [0.1, 0.15) is 0 Å². The van der Waals surface area contributed by atoms with Gasteiger partial charge >= 0.3 is 38.5 Å². The van der Waals surface area contributed by atoms with E-state index in [1.165, 1.54) is 31.6 Å². The second-order valence-corrected chi connectivity index (χ2v) is 3.60. The molecule has 0 aliphatic heterocycles. The molecule has 0 heterocycles. The van der Waals surface area contributed by atoms with Crippen LogP contribution in [0.1, 0.15) is 12.5 Å². The van der Waals surface area contributed by atoms with Gasteiger partial charge in [-0.15, -0.1) is 0 Å². The van der Waals surface area contributed by atoms with Gasteiger partial charge in [0.2, 0.25) is 0 Å². The van der Waals surface area contributed by atoms with E-state index >= 15 is 0 Å². The van der Waals surface area contributed by atoms with Gasteiger partial charge in [-0.3, -0.25) is 0 Å². The third-order valence-corrected chi connectivity index (χ3v) is 0.903. The van der Waals surface area contributed by atoms with Crippen molar-refractivity contribution in [3.05, 3.63) is 35.9 Å². The molecular formula is C9H10NNa. The van der Waals surface area contributed by atoms with Crippen LogP contribution in [0.15, 0.2) is 30.3 Å². The first kappa shape index (κ1) is 10.7. The van der Waals surface area contributed by atoms with E-state index in [1.807, 2.05) is 24.3 Å². The Hall–Kier alpha value is -0.290. The first-order valence-corrected chi connectivity index (χ1v) is 5.21. The molecule has 0 saturated heterocycles. The molecule has 0 fully saturated rings. The minimum absolute atomic E-state index is 0.715. The quantitative estimate of drug-likeness (QED) is 0.526. The van der Waals surface area contributed by atoms with Gasteiger partial charge in [-0.05, 0) is 12.1 Å². The molecule has 1 nitrogen and oxygen atoms in total. The van der Waals surface area contributed by atoms with E-state index in [0.29, 0.717) is 5.56 Å². The SMILES string of the molecule is C[CH2][Na].N#Cc1ccccc1. The molecule has 0 saturated carbocycles. The maximum absolute atomic E-state index is 8.29. The molecule has 1 aromatic carbocycles. The average molecular weight is 155 g/mol. The summed E-state index contributed by atoms with van der Waals surface area (Å²) in [6, 6.07) is 11.2. The second-order valence-electron chi connectivity index (χ2n) is 2.18. The summed E-state index contributed by atoms with van der Waals surface area (Å²) in [5.41, 5.74) is 0.715. The second kappa shape index (κ2) is 7.81. The summed E-state index contributed by atoms with van der Waals surface area (Å²) in [5, 5.41) is 8.29. The van der Waals surface area contributed by atoms with Gasteiger partial charge in [0.05, 0.1) is 11.6 Å². The van der Waals surface area contributed by atoms with Gasteiger partial charge in [0, 0.05) is 0 Å². The van der Waals surface area contributed by atoms with E-state index in [4.69, 9.17) is 5.26 Å². The van der Waals surface area contributed by atoms with Crippen molar-refractivity contribution in [1.82, 2.24) is 0 Å². The summed E-state index contributed by atoms with van der Waals surface area (Å²) >= 11 is 1.37. The van der Waals surface area contributed by atoms with Crippen molar-refractivity contribution in [2.75, 3.05) is 0 Å². The Bertz CT molecular complexity index is 213. The van der Waals surface area contributed by atoms with Gasteiger partial charge < -0.3 is 0 Å². The molecule has 0 spiro atoms. The maximum atomic E-state index is 8.29. The van der Waals surface area contributed by atoms with Crippen molar-refractivity contribution < 1.29 is 0 Å². The molecule has 11 heavy (non-hydrogen) atoms. The van der Waals surface area contributed by atoms with E-state index < -0.39 is 0 Å². The van der Waals surface area contributed by atoms with E-state index in [-0.39, 0.29) is 0 Å². The van der Waals surface area contributed by atoms with E-state index in [1.54, 1.807) is 12.1 Å². The van der Waals surface area contributed by atoms with E-state index in [0.717, 1.165) is 0 Å². The third kappa shape index (κ3) is 6.12. The number of hydrogen-bond donors (Lipinski definition) is 0. The molecule has 1 rings (SSSR count). The number of nitriles is 1. The van der Waals surface area contributed by atoms with Crippen LogP contribution in [0.4, 0.5) is 0 Å². The van der Waals surface area contributed by atoms with Crippen LogP contribution in [0.2, 0.25) is 3.67 Å². The van der Waals surface area contributed by atoms with Crippen molar-refractivity contribution in [2.45, 2.75) is 10.6 Å². The molecular weight excluding hydrogens is 145 g/mol. The van der Waals surface area contributed by atoms with Crippen LogP contribution in [0.5, 0.6) is 0 Å². The molecule has 0 aliphatic rings. The summed E-state index contributed by atoms with van der Waals surface area (Å²) < 4.78 is 1.39. The largest absolute Gasteiger partial charge is 0.192 e. The van der Waals surface area contributed by atoms with Crippen LogP contribution >= 0.6 is 0 Å². The Morgan fingerprint density at radius 2 is 1.82 bits per heavy atom. The van der Waals surface area contributed by atoms with Crippen molar-refractivity contribution in [2.24, 2.45) is 0 Å². The zero-order valence-corrected chi connectivity index (χ0v) is 9.04. The van der Waals surface area contributed by atoms with Crippen molar-refractivity contribution in [1.29, 1.82) is 5.26 Å². The predicted molar refractivity (Wildman–Crippen MR) is 47.4 cm³/mol. The minimum atomic E-state index is 0.715. The van der Waals surface area contributed by atoms with Crippen molar-refractivity contribution >= 4 is 27.9 Å². The Kier molecular flexibility index (Phi) is 7.61. The normalized spacial score (nSPS) is 7.45. The van der Waals surface area contributed by atoms with Crippen LogP contribution in [0, 0.1) is 11.3 Å². The molecule has 0 N–H and O–H groups in total. The number of nitrogens with zero attached hydrogens (tertiary/aromatic N) is 1. The first-order chi connectivity index (χ1) is 5.35. The Labute approximate surface area is 85.5 Å². The van der Waals surface area contributed by atoms with Crippen LogP contribution in [-0.4, -0.2) is 27.9 Å². The van der Waals surface area contributed by atoms with Gasteiger partial charge in [-0.1, -0.05) is 18.2 Å². The summed E-state index contributed by atoms with van der Waals surface area (Å²) in [4.78, 5) is 0. The molecule has 0 unspecified atom stereocenters. The van der Waals surface area contributed by atoms with Crippen molar-refractivity contribution in [3.63, 3.8) is 0 Å². The third-order valence-electron chi connectivity index (χ3n) is 0.903. The molecule has 0 radical (unpaired) electrons. The van der Waals surface area contributed by atoms with Crippen LogP contribution in [-0.2, 0) is 0 Å². The fourth-order valence-corrected chi connectivity index (χ4v) is 0.513. The zero-order valence-electron chi connectivity index (χ0n) is 7.04. The summed E-state index contributed by atoms with van der Waals surface area (Å²) in [7, 11) is 0. The Morgan fingerprint density at radius 3 is 2.09 bits per heavy atom. The van der Waals surface area contributed by atoms with Gasteiger partial charge in [0.15, 0.2) is 0 Å². The van der Waals surface area contributed by atoms with E-state index in [9.17, 15) is 0 Å². The molecule has 1 aromatic rings. The zero-order chi connectivity index (χ0) is 8.53. The molecule has 52 valence electrons. The topological polar surface area (TPSA) is 23.8 Å². The van der Waals surface area contributed by atoms with Crippen LogP contribution in [0.25, 0.3) is 0 Å². The van der Waals surface area contributed by atoms with Gasteiger partial charge in [0.25, 0.3) is 0 Å². The fraction of sp³-hybridized carbons (Fsp3) is 0.222. The van der Waals surface area contributed by atoms with Gasteiger partial charge in [-0.2, -0.15) is 5.26 Å². The van der Waals surface area contributed by atoms with E-state index in [2.05, 4.69) is 6.92 Å². The summed E-state index contributed by atoms with van der Waals surface area (Å²) in [6.45, 7) is 2.19. The molecule has 0 aromatic heterocycles. The van der Waals surface area contributed by atoms with Crippen LogP contribution in [0.3, 0.4) is 0 Å². The van der Waals surface area contributed by atoms with Crippen molar-refractivity contribution in [3.8, 4) is 6.07 Å². The summed E-state index contributed by atoms with van der Waals surface area (Å²) in [5.74, 6) is 0. The minimum Gasteiger partial charge on any atom is -0.192 e. The molecule has 0 bridgehead atoms. The Balaban J connectivity index is 0.000000292. The molecule has 0 aliphatic carbocycles. The fourth-order valence-electron chi connectivity index (χ4n) is 0.513. The van der Waals surface area contributed by atoms with Crippen LogP contribution < -0.4 is 0 Å². The molecule has 2 heteroatoms. The average Bonchev–Trinajstić information content (AvgIpc) is 2.08.